The lowest BCUT2D eigenvalue weighted by atomic mass is 9.98. The molecule has 0 saturated heterocycles. The lowest BCUT2D eigenvalue weighted by Gasteiger charge is -2.10. The molecule has 0 N–H and O–H groups in total. The van der Waals surface area contributed by atoms with E-state index in [1.165, 1.54) is 0 Å². The number of nitrogens with zero attached hydrogens (tertiary/aromatic N) is 3. The summed E-state index contributed by atoms with van der Waals surface area (Å²) in [6.07, 6.45) is 8.64. The highest BCUT2D eigenvalue weighted by atomic mass is 32.2. The van der Waals surface area contributed by atoms with Crippen LogP contribution >= 0.6 is 0 Å². The van der Waals surface area contributed by atoms with Crippen molar-refractivity contribution in [1.29, 1.82) is 0 Å². The first-order valence-corrected chi connectivity index (χ1v) is 9.24. The topological polar surface area (TPSA) is 78.8 Å². The summed E-state index contributed by atoms with van der Waals surface area (Å²) in [6, 6.07) is 13.8. The van der Waals surface area contributed by atoms with Gasteiger partial charge < -0.3 is 4.55 Å². The summed E-state index contributed by atoms with van der Waals surface area (Å²) in [5, 5.41) is 1.02. The largest absolute Gasteiger partial charge is 0.772 e. The van der Waals surface area contributed by atoms with Gasteiger partial charge in [-0.15, -0.1) is 0 Å². The molecule has 6 heteroatoms. The van der Waals surface area contributed by atoms with Crippen LogP contribution in [0.2, 0.25) is 0 Å². The molecule has 5 nitrogen and oxygen atoms in total. The van der Waals surface area contributed by atoms with Crippen LogP contribution in [0.15, 0.2) is 73.4 Å². The lowest BCUT2D eigenvalue weighted by molar-refractivity contribution is 0.536. The summed E-state index contributed by atoms with van der Waals surface area (Å²) in [7, 11) is 0. The van der Waals surface area contributed by atoms with Crippen molar-refractivity contribution in [1.82, 2.24) is 15.0 Å². The molecule has 0 radical (unpaired) electrons. The monoisotopic (exact) mass is 360 g/mol. The van der Waals surface area contributed by atoms with Crippen molar-refractivity contribution in [3.05, 3.63) is 79.0 Å². The third kappa shape index (κ3) is 3.37. The molecule has 1 atom stereocenters. The number of pyridine rings is 3. The number of benzene rings is 1. The number of fused-ring (bicyclic) bond motifs is 1. The fraction of sp³-hybridized carbons (Fsp3) is 0.0500. The second-order valence-corrected chi connectivity index (χ2v) is 6.75. The Kier molecular flexibility index (Phi) is 4.51. The smallest absolute Gasteiger partial charge is 0.0708 e. The van der Waals surface area contributed by atoms with Gasteiger partial charge in [-0.05, 0) is 58.7 Å². The molecule has 0 saturated carbocycles. The second-order valence-electron chi connectivity index (χ2n) is 5.86. The van der Waals surface area contributed by atoms with Crippen LogP contribution in [0.4, 0.5) is 0 Å². The zero-order valence-electron chi connectivity index (χ0n) is 13.7. The van der Waals surface area contributed by atoms with Gasteiger partial charge in [0.1, 0.15) is 0 Å². The molecule has 3 heterocycles. The SMILES string of the molecule is O=S([O-])Cc1cncc(-c2ccc3nccc(-c4ccncc4)c3c2)c1. The fourth-order valence-electron chi connectivity index (χ4n) is 2.97. The average molecular weight is 360 g/mol. The number of rotatable bonds is 4. The Morgan fingerprint density at radius 3 is 2.50 bits per heavy atom. The van der Waals surface area contributed by atoms with E-state index in [9.17, 15) is 8.76 Å². The van der Waals surface area contributed by atoms with Gasteiger partial charge in [-0.1, -0.05) is 17.1 Å². The molecular formula is C20H14N3O2S-. The van der Waals surface area contributed by atoms with E-state index in [4.69, 9.17) is 0 Å². The van der Waals surface area contributed by atoms with E-state index >= 15 is 0 Å². The maximum atomic E-state index is 11.0. The van der Waals surface area contributed by atoms with E-state index in [-0.39, 0.29) is 5.75 Å². The van der Waals surface area contributed by atoms with Gasteiger partial charge in [-0.25, -0.2) is 0 Å². The summed E-state index contributed by atoms with van der Waals surface area (Å²) in [6.45, 7) is 0. The molecule has 4 rings (SSSR count). The summed E-state index contributed by atoms with van der Waals surface area (Å²) in [5.74, 6) is -0.0434. The Morgan fingerprint density at radius 1 is 0.846 bits per heavy atom. The Hall–Kier alpha value is -2.96. The van der Waals surface area contributed by atoms with E-state index in [1.54, 1.807) is 31.0 Å². The Morgan fingerprint density at radius 2 is 1.69 bits per heavy atom. The van der Waals surface area contributed by atoms with Crippen LogP contribution in [0.1, 0.15) is 5.56 Å². The van der Waals surface area contributed by atoms with E-state index in [0.29, 0.717) is 5.56 Å². The minimum absolute atomic E-state index is 0.0434. The Balaban J connectivity index is 1.84. The van der Waals surface area contributed by atoms with E-state index in [1.807, 2.05) is 36.4 Å². The predicted molar refractivity (Wildman–Crippen MR) is 101 cm³/mol. The van der Waals surface area contributed by atoms with E-state index < -0.39 is 11.1 Å². The molecule has 0 amide bonds. The molecule has 26 heavy (non-hydrogen) atoms. The van der Waals surface area contributed by atoms with Crippen molar-refractivity contribution in [2.75, 3.05) is 0 Å². The summed E-state index contributed by atoms with van der Waals surface area (Å²) < 4.78 is 21.9. The lowest BCUT2D eigenvalue weighted by Crippen LogP contribution is -1.95. The molecule has 3 aromatic heterocycles. The van der Waals surface area contributed by atoms with E-state index in [2.05, 4.69) is 21.0 Å². The molecule has 1 unspecified atom stereocenters. The Labute approximate surface area is 153 Å². The highest BCUT2D eigenvalue weighted by Crippen LogP contribution is 2.31. The number of hydrogen-bond acceptors (Lipinski definition) is 5. The zero-order valence-corrected chi connectivity index (χ0v) is 14.5. The van der Waals surface area contributed by atoms with Crippen LogP contribution in [-0.2, 0) is 16.8 Å². The van der Waals surface area contributed by atoms with Crippen LogP contribution in [-0.4, -0.2) is 23.7 Å². The van der Waals surface area contributed by atoms with Gasteiger partial charge in [0, 0.05) is 47.7 Å². The molecule has 128 valence electrons. The molecular weight excluding hydrogens is 346 g/mol. The molecule has 1 aromatic carbocycles. The summed E-state index contributed by atoms with van der Waals surface area (Å²) >= 11 is -2.14. The molecule has 0 bridgehead atoms. The highest BCUT2D eigenvalue weighted by molar-refractivity contribution is 7.78. The summed E-state index contributed by atoms with van der Waals surface area (Å²) in [4.78, 5) is 12.7. The third-order valence-electron chi connectivity index (χ3n) is 4.15. The molecule has 0 spiro atoms. The van der Waals surface area contributed by atoms with Crippen molar-refractivity contribution in [2.24, 2.45) is 0 Å². The van der Waals surface area contributed by atoms with Gasteiger partial charge in [0.25, 0.3) is 0 Å². The zero-order chi connectivity index (χ0) is 17.9. The van der Waals surface area contributed by atoms with Crippen molar-refractivity contribution in [3.63, 3.8) is 0 Å². The fourth-order valence-corrected chi connectivity index (χ4v) is 3.40. The average Bonchev–Trinajstić information content (AvgIpc) is 2.67. The minimum Gasteiger partial charge on any atom is -0.772 e. The molecule has 0 fully saturated rings. The molecule has 0 aliphatic heterocycles. The van der Waals surface area contributed by atoms with Crippen molar-refractivity contribution >= 4 is 22.0 Å². The van der Waals surface area contributed by atoms with Gasteiger partial charge in [0.15, 0.2) is 0 Å². The predicted octanol–water partition coefficient (Wildman–Crippen LogP) is 3.74. The van der Waals surface area contributed by atoms with Crippen LogP contribution in [0.3, 0.4) is 0 Å². The first-order valence-electron chi connectivity index (χ1n) is 8.00. The van der Waals surface area contributed by atoms with Crippen molar-refractivity contribution < 1.29 is 8.76 Å². The first-order chi connectivity index (χ1) is 12.7. The maximum Gasteiger partial charge on any atom is 0.0708 e. The summed E-state index contributed by atoms with van der Waals surface area (Å²) in [5.41, 5.74) is 5.54. The van der Waals surface area contributed by atoms with Crippen molar-refractivity contribution in [2.45, 2.75) is 5.75 Å². The number of hydrogen-bond donors (Lipinski definition) is 0. The standard InChI is InChI=1S/C20H15N3O2S/c24-26(25)13-14-9-17(12-22-11-14)16-1-2-20-19(10-16)18(5-8-23-20)15-3-6-21-7-4-15/h1-12H,13H2,(H,24,25)/p-1. The normalized spacial score (nSPS) is 12.2. The van der Waals surface area contributed by atoms with Crippen LogP contribution in [0, 0.1) is 0 Å². The highest BCUT2D eigenvalue weighted by Gasteiger charge is 2.08. The van der Waals surface area contributed by atoms with E-state index in [0.717, 1.165) is 33.2 Å². The van der Waals surface area contributed by atoms with Crippen molar-refractivity contribution in [3.8, 4) is 22.3 Å². The van der Waals surface area contributed by atoms with Gasteiger partial charge in [0.2, 0.25) is 0 Å². The van der Waals surface area contributed by atoms with Gasteiger partial charge in [-0.3, -0.25) is 19.2 Å². The minimum atomic E-state index is -2.14. The molecule has 0 aliphatic rings. The van der Waals surface area contributed by atoms with Gasteiger partial charge >= 0.3 is 0 Å². The molecule has 4 aromatic rings. The van der Waals surface area contributed by atoms with Crippen LogP contribution in [0.5, 0.6) is 0 Å². The van der Waals surface area contributed by atoms with Gasteiger partial charge in [-0.2, -0.15) is 0 Å². The third-order valence-corrected chi connectivity index (χ3v) is 4.71. The maximum absolute atomic E-state index is 11.0. The second kappa shape index (κ2) is 7.11. The van der Waals surface area contributed by atoms with Crippen LogP contribution in [0.25, 0.3) is 33.2 Å². The van der Waals surface area contributed by atoms with Gasteiger partial charge in [0.05, 0.1) is 5.52 Å². The Bertz CT molecular complexity index is 1100. The number of aromatic nitrogens is 3. The molecule has 0 aliphatic carbocycles. The quantitative estimate of drug-likeness (QED) is 0.518. The van der Waals surface area contributed by atoms with Crippen LogP contribution < -0.4 is 0 Å². The first kappa shape index (κ1) is 16.5.